The van der Waals surface area contributed by atoms with Gasteiger partial charge in [-0.2, -0.15) is 0 Å². The third-order valence-electron chi connectivity index (χ3n) is 1.55. The Bertz CT molecular complexity index is 507. The van der Waals surface area contributed by atoms with Gasteiger partial charge in [0.25, 0.3) is 14.6 Å². The fourth-order valence-electron chi connectivity index (χ4n) is 0.829. The van der Waals surface area contributed by atoms with Gasteiger partial charge in [0.1, 0.15) is 0 Å². The molecule has 15 heavy (non-hydrogen) atoms. The summed E-state index contributed by atoms with van der Waals surface area (Å²) in [6.07, 6.45) is 0. The Morgan fingerprint density at radius 2 is 1.73 bits per heavy atom. The Morgan fingerprint density at radius 1 is 1.27 bits per heavy atom. The third-order valence-corrected chi connectivity index (χ3v) is 4.71. The van der Waals surface area contributed by atoms with E-state index in [0.717, 1.165) is 24.3 Å². The van der Waals surface area contributed by atoms with E-state index in [1.807, 2.05) is 0 Å². The molecule has 0 amide bonds. The summed E-state index contributed by atoms with van der Waals surface area (Å²) in [7, 11) is -6.63. The van der Waals surface area contributed by atoms with Crippen molar-refractivity contribution in [3.05, 3.63) is 34.4 Å². The first kappa shape index (κ1) is 11.8. The van der Waals surface area contributed by atoms with E-state index in [-0.39, 0.29) is 10.6 Å². The minimum absolute atomic E-state index is 0.253. The lowest BCUT2D eigenvalue weighted by atomic mass is 10.3. The summed E-state index contributed by atoms with van der Waals surface area (Å²) in [6, 6.07) is 3.97. The van der Waals surface area contributed by atoms with Crippen LogP contribution in [0.2, 0.25) is 0 Å². The SMILES string of the molecule is NS(=O)S(=O)(=O)c1ccc([N+](=O)[O-])cc1. The molecule has 82 valence electrons. The van der Waals surface area contributed by atoms with Gasteiger partial charge in [0.15, 0.2) is 0 Å². The van der Waals surface area contributed by atoms with E-state index in [2.05, 4.69) is 0 Å². The number of non-ortho nitro benzene ring substituents is 1. The van der Waals surface area contributed by atoms with Gasteiger partial charge in [-0.05, 0) is 12.1 Å². The Balaban J connectivity index is 3.21. The number of nitro benzene ring substituents is 1. The molecule has 1 atom stereocenters. The van der Waals surface area contributed by atoms with Crippen LogP contribution in [0.3, 0.4) is 0 Å². The van der Waals surface area contributed by atoms with Crippen LogP contribution in [-0.4, -0.2) is 17.6 Å². The van der Waals surface area contributed by atoms with Crippen molar-refractivity contribution in [3.8, 4) is 0 Å². The summed E-state index contributed by atoms with van der Waals surface area (Å²) in [6.45, 7) is 0. The highest BCUT2D eigenvalue weighted by Gasteiger charge is 2.20. The second kappa shape index (κ2) is 4.04. The van der Waals surface area contributed by atoms with Crippen LogP contribution in [0.25, 0.3) is 0 Å². The van der Waals surface area contributed by atoms with Crippen molar-refractivity contribution in [2.45, 2.75) is 4.90 Å². The molecule has 1 rings (SSSR count). The van der Waals surface area contributed by atoms with Crippen molar-refractivity contribution in [2.75, 3.05) is 0 Å². The highest BCUT2D eigenvalue weighted by Crippen LogP contribution is 2.17. The summed E-state index contributed by atoms with van der Waals surface area (Å²) in [5.41, 5.74) is -0.253. The zero-order chi connectivity index (χ0) is 11.6. The van der Waals surface area contributed by atoms with Gasteiger partial charge in [-0.15, -0.1) is 0 Å². The molecular weight excluding hydrogens is 244 g/mol. The maximum absolute atomic E-state index is 11.2. The second-order valence-electron chi connectivity index (χ2n) is 2.47. The van der Waals surface area contributed by atoms with Gasteiger partial charge in [0.2, 0.25) is 10.0 Å². The molecule has 2 N–H and O–H groups in total. The summed E-state index contributed by atoms with van der Waals surface area (Å²) in [5.74, 6) is 0. The topological polar surface area (TPSA) is 120 Å². The Hall–Kier alpha value is -1.32. The van der Waals surface area contributed by atoms with Crippen LogP contribution >= 0.6 is 0 Å². The molecule has 9 heteroatoms. The van der Waals surface area contributed by atoms with Crippen molar-refractivity contribution in [1.82, 2.24) is 0 Å². The Labute approximate surface area is 87.0 Å². The molecule has 0 aromatic heterocycles. The maximum Gasteiger partial charge on any atom is 0.271 e. The molecule has 0 heterocycles. The van der Waals surface area contributed by atoms with E-state index in [0.29, 0.717) is 0 Å². The quantitative estimate of drug-likeness (QED) is 0.456. The van der Waals surface area contributed by atoms with Gasteiger partial charge in [-0.3, -0.25) is 10.1 Å². The van der Waals surface area contributed by atoms with Crippen LogP contribution in [0, 0.1) is 10.1 Å². The predicted molar refractivity (Wildman–Crippen MR) is 52.6 cm³/mol. The monoisotopic (exact) mass is 250 g/mol. The lowest BCUT2D eigenvalue weighted by Gasteiger charge is -1.98. The molecule has 1 unspecified atom stereocenters. The number of rotatable bonds is 3. The van der Waals surface area contributed by atoms with Crippen LogP contribution < -0.4 is 5.14 Å². The number of nitrogens with two attached hydrogens (primary N) is 1. The third kappa shape index (κ3) is 2.37. The molecule has 0 aliphatic carbocycles. The molecule has 0 bridgehead atoms. The molecule has 0 fully saturated rings. The molecule has 0 aliphatic rings. The van der Waals surface area contributed by atoms with E-state index < -0.39 is 23.8 Å². The number of nitro groups is 1. The fraction of sp³-hybridized carbons (Fsp3) is 0. The van der Waals surface area contributed by atoms with Crippen molar-refractivity contribution >= 4 is 24.6 Å². The summed E-state index contributed by atoms with van der Waals surface area (Å²) < 4.78 is 33.1. The average molecular weight is 250 g/mol. The van der Waals surface area contributed by atoms with Gasteiger partial charge in [0, 0.05) is 12.1 Å². The summed E-state index contributed by atoms with van der Waals surface area (Å²) in [5, 5.41) is 15.0. The maximum atomic E-state index is 11.2. The summed E-state index contributed by atoms with van der Waals surface area (Å²) in [4.78, 5) is 9.29. The van der Waals surface area contributed by atoms with Crippen molar-refractivity contribution in [2.24, 2.45) is 5.14 Å². The van der Waals surface area contributed by atoms with E-state index in [1.165, 1.54) is 0 Å². The largest absolute Gasteiger partial charge is 0.271 e. The van der Waals surface area contributed by atoms with Gasteiger partial charge in [-0.1, -0.05) is 0 Å². The zero-order valence-electron chi connectivity index (χ0n) is 7.19. The molecule has 1 aromatic rings. The number of benzene rings is 1. The first-order chi connectivity index (χ1) is 6.85. The van der Waals surface area contributed by atoms with Crippen LogP contribution in [0.15, 0.2) is 29.2 Å². The van der Waals surface area contributed by atoms with Gasteiger partial charge in [0.05, 0.1) is 9.82 Å². The normalized spacial score (nSPS) is 13.4. The van der Waals surface area contributed by atoms with E-state index in [9.17, 15) is 22.7 Å². The first-order valence-corrected chi connectivity index (χ1v) is 6.73. The second-order valence-corrected chi connectivity index (χ2v) is 6.67. The van der Waals surface area contributed by atoms with Crippen LogP contribution in [-0.2, 0) is 18.9 Å². The predicted octanol–water partition coefficient (Wildman–Crippen LogP) is -0.0941. The van der Waals surface area contributed by atoms with Gasteiger partial charge in [-0.25, -0.2) is 17.8 Å². The fourth-order valence-corrected chi connectivity index (χ4v) is 2.39. The lowest BCUT2D eigenvalue weighted by Crippen LogP contribution is -2.16. The highest BCUT2D eigenvalue weighted by atomic mass is 33.2. The minimum atomic E-state index is -4.09. The van der Waals surface area contributed by atoms with E-state index >= 15 is 0 Å². The standard InChI is InChI=1S/C6H6N2O5S2/c7-14(11)15(12,13)6-3-1-5(2-4-6)8(9)10/h1-4H,7H2. The first-order valence-electron chi connectivity index (χ1n) is 3.52. The highest BCUT2D eigenvalue weighted by molar-refractivity contribution is 8.63. The molecule has 0 saturated carbocycles. The Morgan fingerprint density at radius 3 is 2.07 bits per heavy atom. The minimum Gasteiger partial charge on any atom is -0.258 e. The lowest BCUT2D eigenvalue weighted by molar-refractivity contribution is -0.384. The molecule has 0 aliphatic heterocycles. The van der Waals surface area contributed by atoms with Crippen molar-refractivity contribution in [3.63, 3.8) is 0 Å². The Kier molecular flexibility index (Phi) is 3.17. The van der Waals surface area contributed by atoms with Crippen molar-refractivity contribution < 1.29 is 17.6 Å². The average Bonchev–Trinajstić information content (AvgIpc) is 2.17. The molecule has 0 radical (unpaired) electrons. The van der Waals surface area contributed by atoms with E-state index in [1.54, 1.807) is 0 Å². The molecular formula is C6H6N2O5S2. The van der Waals surface area contributed by atoms with Crippen molar-refractivity contribution in [1.29, 1.82) is 0 Å². The van der Waals surface area contributed by atoms with Crippen LogP contribution in [0.1, 0.15) is 0 Å². The summed E-state index contributed by atoms with van der Waals surface area (Å²) >= 11 is 0. The number of hydrogen-bond acceptors (Lipinski definition) is 5. The van der Waals surface area contributed by atoms with Crippen LogP contribution in [0.4, 0.5) is 5.69 Å². The zero-order valence-corrected chi connectivity index (χ0v) is 8.82. The van der Waals surface area contributed by atoms with Crippen LogP contribution in [0.5, 0.6) is 0 Å². The smallest absolute Gasteiger partial charge is 0.258 e. The number of nitrogens with zero attached hydrogens (tertiary/aromatic N) is 1. The molecule has 0 saturated heterocycles. The van der Waals surface area contributed by atoms with Gasteiger partial charge >= 0.3 is 0 Å². The van der Waals surface area contributed by atoms with Gasteiger partial charge < -0.3 is 0 Å². The van der Waals surface area contributed by atoms with E-state index in [4.69, 9.17) is 5.14 Å². The molecule has 0 spiro atoms. The number of hydrogen-bond donors (Lipinski definition) is 1. The molecule has 7 nitrogen and oxygen atoms in total. The molecule has 1 aromatic carbocycles.